The lowest BCUT2D eigenvalue weighted by atomic mass is 9.85. The Morgan fingerprint density at radius 1 is 1.19 bits per heavy atom. The van der Waals surface area contributed by atoms with E-state index in [0.717, 1.165) is 5.56 Å². The molecule has 1 aromatic heterocycles. The van der Waals surface area contributed by atoms with Gasteiger partial charge in [0.2, 0.25) is 0 Å². The molecule has 0 bridgehead atoms. The van der Waals surface area contributed by atoms with E-state index in [2.05, 4.69) is 4.98 Å². The summed E-state index contributed by atoms with van der Waals surface area (Å²) >= 11 is 0. The van der Waals surface area contributed by atoms with Crippen LogP contribution in [0.25, 0.3) is 11.1 Å². The summed E-state index contributed by atoms with van der Waals surface area (Å²) in [6.45, 7) is 6.01. The van der Waals surface area contributed by atoms with Gasteiger partial charge in [0.05, 0.1) is 26.2 Å². The Hall–Kier alpha value is -2.89. The number of methoxy groups -OCH3 is 2. The number of rotatable bonds is 4. The van der Waals surface area contributed by atoms with Gasteiger partial charge in [0.15, 0.2) is 11.5 Å². The maximum atomic E-state index is 14.7. The number of ether oxygens (including phenoxy) is 2. The molecule has 0 N–H and O–H groups in total. The van der Waals surface area contributed by atoms with E-state index < -0.39 is 5.97 Å². The van der Waals surface area contributed by atoms with E-state index >= 15 is 0 Å². The molecule has 0 amide bonds. The molecule has 0 radical (unpaired) electrons. The Balaban J connectivity index is 1.96. The van der Waals surface area contributed by atoms with Crippen molar-refractivity contribution in [3.05, 3.63) is 58.7 Å². The molecule has 0 spiro atoms. The van der Waals surface area contributed by atoms with Crippen LogP contribution in [0.5, 0.6) is 5.75 Å². The second-order valence-corrected chi connectivity index (χ2v) is 7.35. The molecule has 0 aliphatic carbocycles. The van der Waals surface area contributed by atoms with Crippen LogP contribution in [0.1, 0.15) is 48.1 Å². The number of nitrogens with zero attached hydrogens (tertiary/aromatic N) is 1. The molecule has 0 saturated carbocycles. The first kappa shape index (κ1) is 18.9. The summed E-state index contributed by atoms with van der Waals surface area (Å²) < 4.78 is 30.5. The maximum Gasteiger partial charge on any atom is 0.337 e. The zero-order chi connectivity index (χ0) is 19.8. The molecule has 0 aliphatic heterocycles. The van der Waals surface area contributed by atoms with Crippen molar-refractivity contribution in [1.29, 1.82) is 0 Å². The van der Waals surface area contributed by atoms with Crippen molar-refractivity contribution < 1.29 is 23.1 Å². The van der Waals surface area contributed by atoms with Crippen LogP contribution in [0.15, 0.2) is 34.7 Å². The quantitative estimate of drug-likeness (QED) is 0.625. The number of hydrogen-bond donors (Lipinski definition) is 0. The van der Waals surface area contributed by atoms with Gasteiger partial charge in [0.1, 0.15) is 17.1 Å². The Morgan fingerprint density at radius 3 is 2.56 bits per heavy atom. The van der Waals surface area contributed by atoms with E-state index in [9.17, 15) is 9.18 Å². The highest BCUT2D eigenvalue weighted by molar-refractivity contribution is 5.93. The second kappa shape index (κ2) is 7.02. The van der Waals surface area contributed by atoms with Crippen molar-refractivity contribution in [2.45, 2.75) is 32.6 Å². The van der Waals surface area contributed by atoms with Crippen molar-refractivity contribution in [3.63, 3.8) is 0 Å². The number of carbonyl (C=O) groups is 1. The summed E-state index contributed by atoms with van der Waals surface area (Å²) in [4.78, 5) is 16.0. The molecule has 0 atom stereocenters. The topological polar surface area (TPSA) is 61.6 Å². The van der Waals surface area contributed by atoms with Gasteiger partial charge in [-0.3, -0.25) is 0 Å². The fourth-order valence-electron chi connectivity index (χ4n) is 2.94. The smallest absolute Gasteiger partial charge is 0.337 e. The van der Waals surface area contributed by atoms with E-state index in [1.807, 2.05) is 20.8 Å². The molecule has 142 valence electrons. The monoisotopic (exact) mass is 371 g/mol. The Bertz CT molecular complexity index is 1000. The standard InChI is InChI=1S/C21H22FNO4/c1-21(2,3)14-11-15(22)13(9-18(14)25-4)10-19-23-16-8-12(20(24)26-5)6-7-17(16)27-19/h6-9,11H,10H2,1-5H3. The Morgan fingerprint density at radius 2 is 1.93 bits per heavy atom. The fourth-order valence-corrected chi connectivity index (χ4v) is 2.94. The van der Waals surface area contributed by atoms with Crippen molar-refractivity contribution in [2.24, 2.45) is 0 Å². The summed E-state index contributed by atoms with van der Waals surface area (Å²) in [5.74, 6) is 0.202. The molecule has 1 heterocycles. The number of fused-ring (bicyclic) bond motifs is 1. The molecule has 6 heteroatoms. The maximum absolute atomic E-state index is 14.7. The normalized spacial score (nSPS) is 11.6. The number of benzene rings is 2. The molecular weight excluding hydrogens is 349 g/mol. The zero-order valence-electron chi connectivity index (χ0n) is 16.1. The lowest BCUT2D eigenvalue weighted by molar-refractivity contribution is 0.0601. The molecule has 0 saturated heterocycles. The number of carbonyl (C=O) groups excluding carboxylic acids is 1. The van der Waals surface area contributed by atoms with E-state index in [-0.39, 0.29) is 17.7 Å². The molecule has 27 heavy (non-hydrogen) atoms. The number of halogens is 1. The molecule has 0 fully saturated rings. The van der Waals surface area contributed by atoms with E-state index in [0.29, 0.717) is 33.9 Å². The van der Waals surface area contributed by atoms with Crippen molar-refractivity contribution in [3.8, 4) is 5.75 Å². The minimum Gasteiger partial charge on any atom is -0.496 e. The van der Waals surface area contributed by atoms with Crippen LogP contribution in [0.3, 0.4) is 0 Å². The van der Waals surface area contributed by atoms with Crippen LogP contribution >= 0.6 is 0 Å². The Labute approximate surface area is 157 Å². The molecule has 0 aliphatic rings. The summed E-state index contributed by atoms with van der Waals surface area (Å²) in [5.41, 5.74) is 2.41. The van der Waals surface area contributed by atoms with Crippen LogP contribution in [-0.4, -0.2) is 25.2 Å². The predicted octanol–water partition coefficient (Wildman–Crippen LogP) is 4.65. The van der Waals surface area contributed by atoms with Gasteiger partial charge >= 0.3 is 5.97 Å². The zero-order valence-corrected chi connectivity index (χ0v) is 16.1. The summed E-state index contributed by atoms with van der Waals surface area (Å²) in [6, 6.07) is 8.03. The van der Waals surface area contributed by atoms with Crippen LogP contribution in [0.4, 0.5) is 4.39 Å². The van der Waals surface area contributed by atoms with E-state index in [1.54, 1.807) is 31.4 Å². The first-order valence-corrected chi connectivity index (χ1v) is 8.57. The molecular formula is C21H22FNO4. The number of aromatic nitrogens is 1. The number of esters is 1. The third-order valence-electron chi connectivity index (χ3n) is 4.37. The molecule has 2 aromatic carbocycles. The summed E-state index contributed by atoms with van der Waals surface area (Å²) in [7, 11) is 2.89. The molecule has 3 rings (SSSR count). The van der Waals surface area contributed by atoms with E-state index in [4.69, 9.17) is 13.9 Å². The van der Waals surface area contributed by atoms with Gasteiger partial charge in [-0.15, -0.1) is 0 Å². The van der Waals surface area contributed by atoms with Crippen molar-refractivity contribution >= 4 is 17.1 Å². The van der Waals surface area contributed by atoms with Crippen LogP contribution < -0.4 is 4.74 Å². The molecule has 5 nitrogen and oxygen atoms in total. The van der Waals surface area contributed by atoms with Gasteiger partial charge in [-0.2, -0.15) is 0 Å². The van der Waals surface area contributed by atoms with Gasteiger partial charge in [0, 0.05) is 11.1 Å². The van der Waals surface area contributed by atoms with Crippen LogP contribution in [-0.2, 0) is 16.6 Å². The second-order valence-electron chi connectivity index (χ2n) is 7.35. The van der Waals surface area contributed by atoms with Crippen LogP contribution in [0.2, 0.25) is 0 Å². The SMILES string of the molecule is COC(=O)c1ccc2oc(Cc3cc(OC)c(C(C)(C)C)cc3F)nc2c1. The van der Waals surface area contributed by atoms with Gasteiger partial charge < -0.3 is 13.9 Å². The summed E-state index contributed by atoms with van der Waals surface area (Å²) in [5, 5.41) is 0. The van der Waals surface area contributed by atoms with Crippen molar-refractivity contribution in [2.75, 3.05) is 14.2 Å². The third-order valence-corrected chi connectivity index (χ3v) is 4.37. The average molecular weight is 371 g/mol. The number of hydrogen-bond acceptors (Lipinski definition) is 5. The lowest BCUT2D eigenvalue weighted by Gasteiger charge is -2.23. The van der Waals surface area contributed by atoms with Crippen LogP contribution in [0, 0.1) is 5.82 Å². The minimum atomic E-state index is -0.449. The summed E-state index contributed by atoms with van der Waals surface area (Å²) in [6.07, 6.45) is 0.175. The van der Waals surface area contributed by atoms with Gasteiger partial charge in [0.25, 0.3) is 0 Å². The minimum absolute atomic E-state index is 0.175. The van der Waals surface area contributed by atoms with Gasteiger partial charge in [-0.1, -0.05) is 20.8 Å². The van der Waals surface area contributed by atoms with Gasteiger partial charge in [-0.05, 0) is 35.7 Å². The first-order valence-electron chi connectivity index (χ1n) is 8.57. The third kappa shape index (κ3) is 3.79. The highest BCUT2D eigenvalue weighted by atomic mass is 19.1. The molecule has 0 unspecified atom stereocenters. The largest absolute Gasteiger partial charge is 0.496 e. The average Bonchev–Trinajstić information content (AvgIpc) is 3.02. The number of oxazole rings is 1. The van der Waals surface area contributed by atoms with Gasteiger partial charge in [-0.25, -0.2) is 14.2 Å². The predicted molar refractivity (Wildman–Crippen MR) is 99.8 cm³/mol. The first-order chi connectivity index (χ1) is 12.7. The Kier molecular flexibility index (Phi) is 4.91. The highest BCUT2D eigenvalue weighted by Gasteiger charge is 2.22. The lowest BCUT2D eigenvalue weighted by Crippen LogP contribution is -2.14. The molecule has 3 aromatic rings. The van der Waals surface area contributed by atoms with E-state index in [1.165, 1.54) is 13.2 Å². The fraction of sp³-hybridized carbons (Fsp3) is 0.333. The van der Waals surface area contributed by atoms with Crippen molar-refractivity contribution in [1.82, 2.24) is 4.98 Å². The highest BCUT2D eigenvalue weighted by Crippen LogP contribution is 2.34.